The summed E-state index contributed by atoms with van der Waals surface area (Å²) in [5.41, 5.74) is 2.93. The lowest BCUT2D eigenvalue weighted by Crippen LogP contribution is -2.11. The third-order valence-corrected chi connectivity index (χ3v) is 2.64. The minimum atomic E-state index is 0.653. The Labute approximate surface area is 100.0 Å². The van der Waals surface area contributed by atoms with Gasteiger partial charge in [0.05, 0.1) is 24.1 Å². The molecule has 6 heteroatoms. The highest BCUT2D eigenvalue weighted by Crippen LogP contribution is 2.13. The van der Waals surface area contributed by atoms with E-state index in [2.05, 4.69) is 27.7 Å². The Balaban J connectivity index is 2.06. The minimum absolute atomic E-state index is 0.653. The maximum absolute atomic E-state index is 5.12. The molecule has 17 heavy (non-hydrogen) atoms. The second kappa shape index (κ2) is 5.09. The predicted molar refractivity (Wildman–Crippen MR) is 62.5 cm³/mol. The van der Waals surface area contributed by atoms with Gasteiger partial charge in [-0.2, -0.15) is 0 Å². The van der Waals surface area contributed by atoms with Crippen LogP contribution in [0.4, 0.5) is 0 Å². The zero-order valence-electron chi connectivity index (χ0n) is 10.4. The van der Waals surface area contributed by atoms with Crippen LogP contribution in [0.3, 0.4) is 0 Å². The molecule has 92 valence electrons. The van der Waals surface area contributed by atoms with E-state index in [1.54, 1.807) is 4.68 Å². The van der Waals surface area contributed by atoms with Crippen LogP contribution in [0.5, 0.6) is 0 Å². The van der Waals surface area contributed by atoms with E-state index in [9.17, 15) is 0 Å². The lowest BCUT2D eigenvalue weighted by Gasteiger charge is -1.98. The van der Waals surface area contributed by atoms with Crippen LogP contribution < -0.4 is 5.32 Å². The number of aryl methyl sites for hydroxylation is 2. The summed E-state index contributed by atoms with van der Waals surface area (Å²) < 4.78 is 6.92. The number of aromatic nitrogens is 4. The van der Waals surface area contributed by atoms with Gasteiger partial charge in [0, 0.05) is 12.1 Å². The first kappa shape index (κ1) is 11.8. The largest absolute Gasteiger partial charge is 0.361 e. The second-order valence-corrected chi connectivity index (χ2v) is 3.99. The van der Waals surface area contributed by atoms with Crippen molar-refractivity contribution in [2.24, 2.45) is 0 Å². The van der Waals surface area contributed by atoms with Crippen molar-refractivity contribution in [3.05, 3.63) is 28.9 Å². The van der Waals surface area contributed by atoms with Crippen LogP contribution in [-0.2, 0) is 13.1 Å². The second-order valence-electron chi connectivity index (χ2n) is 3.99. The summed E-state index contributed by atoms with van der Waals surface area (Å²) in [6.07, 6.45) is 1.94. The van der Waals surface area contributed by atoms with Crippen molar-refractivity contribution in [1.29, 1.82) is 0 Å². The van der Waals surface area contributed by atoms with Crippen LogP contribution in [0.15, 0.2) is 10.7 Å². The molecule has 1 N–H and O–H groups in total. The molecule has 2 aromatic heterocycles. The highest BCUT2D eigenvalue weighted by molar-refractivity contribution is 5.20. The summed E-state index contributed by atoms with van der Waals surface area (Å²) in [5, 5.41) is 15.3. The first-order valence-electron chi connectivity index (χ1n) is 5.72. The zero-order chi connectivity index (χ0) is 12.3. The molecular formula is C11H17N5O. The Morgan fingerprint density at radius 1 is 1.41 bits per heavy atom. The quantitative estimate of drug-likeness (QED) is 0.838. The molecular weight excluding hydrogens is 218 g/mol. The van der Waals surface area contributed by atoms with Crippen molar-refractivity contribution in [2.45, 2.75) is 33.9 Å². The van der Waals surface area contributed by atoms with Gasteiger partial charge in [-0.25, -0.2) is 4.68 Å². The normalized spacial score (nSPS) is 11.0. The van der Waals surface area contributed by atoms with Crippen LogP contribution in [0.25, 0.3) is 0 Å². The fraction of sp³-hybridized carbons (Fsp3) is 0.545. The standard InChI is InChI=1S/C11H17N5O/c1-4-12-5-10-6-16(15-13-10)7-11-8(2)14-17-9(11)3/h6,12H,4-5,7H2,1-3H3. The molecule has 0 bridgehead atoms. The van der Waals surface area contributed by atoms with Crippen LogP contribution in [-0.4, -0.2) is 26.7 Å². The molecule has 0 aliphatic rings. The molecule has 6 nitrogen and oxygen atoms in total. The third-order valence-electron chi connectivity index (χ3n) is 2.64. The number of nitrogens with zero attached hydrogens (tertiary/aromatic N) is 4. The van der Waals surface area contributed by atoms with Gasteiger partial charge in [-0.15, -0.1) is 5.10 Å². The Hall–Kier alpha value is -1.69. The molecule has 0 amide bonds. The van der Waals surface area contributed by atoms with Gasteiger partial charge in [-0.05, 0) is 20.4 Å². The molecule has 0 unspecified atom stereocenters. The molecule has 0 fully saturated rings. The van der Waals surface area contributed by atoms with E-state index in [-0.39, 0.29) is 0 Å². The van der Waals surface area contributed by atoms with Crippen LogP contribution in [0.2, 0.25) is 0 Å². The van der Waals surface area contributed by atoms with Crippen LogP contribution >= 0.6 is 0 Å². The van der Waals surface area contributed by atoms with Crippen LogP contribution in [0.1, 0.15) is 29.6 Å². The highest BCUT2D eigenvalue weighted by Gasteiger charge is 2.10. The summed E-state index contributed by atoms with van der Waals surface area (Å²) in [7, 11) is 0. The molecule has 0 saturated heterocycles. The monoisotopic (exact) mass is 235 g/mol. The van der Waals surface area contributed by atoms with Gasteiger partial charge in [0.1, 0.15) is 5.76 Å². The average Bonchev–Trinajstić information content (AvgIpc) is 2.88. The van der Waals surface area contributed by atoms with Gasteiger partial charge < -0.3 is 9.84 Å². The van der Waals surface area contributed by atoms with E-state index in [4.69, 9.17) is 4.52 Å². The molecule has 2 rings (SSSR count). The summed E-state index contributed by atoms with van der Waals surface area (Å²) in [5.74, 6) is 0.839. The molecule has 2 heterocycles. The van der Waals surface area contributed by atoms with Crippen LogP contribution in [0, 0.1) is 13.8 Å². The Morgan fingerprint density at radius 3 is 2.88 bits per heavy atom. The maximum atomic E-state index is 5.12. The van der Waals surface area contributed by atoms with Crippen molar-refractivity contribution in [3.8, 4) is 0 Å². The zero-order valence-corrected chi connectivity index (χ0v) is 10.4. The van der Waals surface area contributed by atoms with E-state index >= 15 is 0 Å². The van der Waals surface area contributed by atoms with Gasteiger partial charge in [0.2, 0.25) is 0 Å². The number of hydrogen-bond donors (Lipinski definition) is 1. The van der Waals surface area contributed by atoms with E-state index in [0.29, 0.717) is 6.54 Å². The van der Waals surface area contributed by atoms with Gasteiger partial charge in [0.15, 0.2) is 0 Å². The Kier molecular flexibility index (Phi) is 3.53. The van der Waals surface area contributed by atoms with Gasteiger partial charge in [-0.1, -0.05) is 17.3 Å². The summed E-state index contributed by atoms with van der Waals surface area (Å²) in [4.78, 5) is 0. The van der Waals surface area contributed by atoms with Crippen molar-refractivity contribution in [3.63, 3.8) is 0 Å². The van der Waals surface area contributed by atoms with Gasteiger partial charge in [0.25, 0.3) is 0 Å². The summed E-state index contributed by atoms with van der Waals surface area (Å²) >= 11 is 0. The smallest absolute Gasteiger partial charge is 0.138 e. The number of nitrogens with one attached hydrogen (secondary N) is 1. The molecule has 0 radical (unpaired) electrons. The molecule has 0 spiro atoms. The number of rotatable bonds is 5. The number of hydrogen-bond acceptors (Lipinski definition) is 5. The average molecular weight is 235 g/mol. The molecule has 0 aliphatic heterocycles. The fourth-order valence-electron chi connectivity index (χ4n) is 1.64. The first-order chi connectivity index (χ1) is 8.20. The van der Waals surface area contributed by atoms with Crippen molar-refractivity contribution in [1.82, 2.24) is 25.5 Å². The Bertz CT molecular complexity index is 468. The fourth-order valence-corrected chi connectivity index (χ4v) is 1.64. The minimum Gasteiger partial charge on any atom is -0.361 e. The lowest BCUT2D eigenvalue weighted by molar-refractivity contribution is 0.391. The van der Waals surface area contributed by atoms with E-state index in [1.807, 2.05) is 20.0 Å². The summed E-state index contributed by atoms with van der Waals surface area (Å²) in [6, 6.07) is 0. The summed E-state index contributed by atoms with van der Waals surface area (Å²) in [6.45, 7) is 8.23. The van der Waals surface area contributed by atoms with E-state index in [1.165, 1.54) is 0 Å². The van der Waals surface area contributed by atoms with Crippen molar-refractivity contribution >= 4 is 0 Å². The predicted octanol–water partition coefficient (Wildman–Crippen LogP) is 1.04. The maximum Gasteiger partial charge on any atom is 0.138 e. The van der Waals surface area contributed by atoms with Crippen molar-refractivity contribution in [2.75, 3.05) is 6.54 Å². The molecule has 0 aliphatic carbocycles. The highest BCUT2D eigenvalue weighted by atomic mass is 16.5. The molecule has 0 aromatic carbocycles. The lowest BCUT2D eigenvalue weighted by atomic mass is 10.2. The SMILES string of the molecule is CCNCc1cn(Cc2c(C)noc2C)nn1. The third kappa shape index (κ3) is 2.71. The molecule has 0 saturated carbocycles. The van der Waals surface area contributed by atoms with E-state index in [0.717, 1.165) is 35.8 Å². The van der Waals surface area contributed by atoms with E-state index < -0.39 is 0 Å². The first-order valence-corrected chi connectivity index (χ1v) is 5.72. The topological polar surface area (TPSA) is 68.8 Å². The molecule has 2 aromatic rings. The van der Waals surface area contributed by atoms with Crippen molar-refractivity contribution < 1.29 is 4.52 Å². The molecule has 0 atom stereocenters. The van der Waals surface area contributed by atoms with Gasteiger partial charge >= 0.3 is 0 Å². The Morgan fingerprint density at radius 2 is 2.24 bits per heavy atom. The van der Waals surface area contributed by atoms with Gasteiger partial charge in [-0.3, -0.25) is 0 Å².